The van der Waals surface area contributed by atoms with Crippen LogP contribution in [-0.2, 0) is 14.8 Å². The lowest BCUT2D eigenvalue weighted by atomic mass is 10.1. The van der Waals surface area contributed by atoms with Gasteiger partial charge in [-0.2, -0.15) is 0 Å². The first-order valence-electron chi connectivity index (χ1n) is 13.9. The average Bonchev–Trinajstić information content (AvgIpc) is 3.61. The van der Waals surface area contributed by atoms with Crippen molar-refractivity contribution in [3.05, 3.63) is 67.3 Å². The first kappa shape index (κ1) is 28.5. The third kappa shape index (κ3) is 5.98. The molecule has 3 heterocycles. The van der Waals surface area contributed by atoms with Crippen LogP contribution in [-0.4, -0.2) is 84.9 Å². The molecule has 0 bridgehead atoms. The molecular formula is C30H31N5O7S. The van der Waals surface area contributed by atoms with Crippen molar-refractivity contribution in [2.75, 3.05) is 19.4 Å². The molecule has 43 heavy (non-hydrogen) atoms. The van der Waals surface area contributed by atoms with E-state index in [0.717, 1.165) is 17.4 Å². The van der Waals surface area contributed by atoms with E-state index in [1.54, 1.807) is 13.2 Å². The van der Waals surface area contributed by atoms with E-state index in [9.17, 15) is 23.1 Å². The van der Waals surface area contributed by atoms with Gasteiger partial charge in [0.05, 0.1) is 42.7 Å². The fourth-order valence-electron chi connectivity index (χ4n) is 5.63. The number of nitrogens with one attached hydrogen (secondary N) is 2. The number of nitrogens with zero attached hydrogens (tertiary/aromatic N) is 3. The van der Waals surface area contributed by atoms with Gasteiger partial charge in [-0.25, -0.2) is 18.2 Å². The molecule has 5 atom stereocenters. The number of fused-ring (bicyclic) bond motifs is 2. The Morgan fingerprint density at radius 2 is 2.00 bits per heavy atom. The highest BCUT2D eigenvalue weighted by Crippen LogP contribution is 2.37. The van der Waals surface area contributed by atoms with Gasteiger partial charge in [-0.1, -0.05) is 36.4 Å². The minimum absolute atomic E-state index is 0.0955. The largest absolute Gasteiger partial charge is 0.497 e. The first-order valence-corrected chi connectivity index (χ1v) is 15.5. The third-order valence-electron chi connectivity index (χ3n) is 7.86. The van der Waals surface area contributed by atoms with Crippen LogP contribution in [0.15, 0.2) is 72.2 Å². The summed E-state index contributed by atoms with van der Waals surface area (Å²) in [5, 5.41) is 12.1. The summed E-state index contributed by atoms with van der Waals surface area (Å²) >= 11 is 0. The van der Waals surface area contributed by atoms with Gasteiger partial charge in [0.15, 0.2) is 0 Å². The summed E-state index contributed by atoms with van der Waals surface area (Å²) in [4.78, 5) is 36.1. The highest BCUT2D eigenvalue weighted by atomic mass is 32.2. The zero-order valence-corrected chi connectivity index (χ0v) is 24.2. The number of amidine groups is 1. The van der Waals surface area contributed by atoms with Crippen molar-refractivity contribution in [2.45, 2.75) is 37.1 Å². The highest BCUT2D eigenvalue weighted by molar-refractivity contribution is 7.90. The van der Waals surface area contributed by atoms with Gasteiger partial charge in [-0.3, -0.25) is 14.5 Å². The second-order valence-electron chi connectivity index (χ2n) is 10.8. The molecule has 2 aliphatic heterocycles. The number of aromatic nitrogens is 1. The van der Waals surface area contributed by atoms with Gasteiger partial charge in [0.2, 0.25) is 15.9 Å². The van der Waals surface area contributed by atoms with E-state index in [1.807, 2.05) is 54.6 Å². The van der Waals surface area contributed by atoms with E-state index in [1.165, 1.54) is 4.90 Å². The molecule has 1 saturated carbocycles. The van der Waals surface area contributed by atoms with Crippen molar-refractivity contribution in [3.8, 4) is 22.8 Å². The predicted octanol–water partition coefficient (Wildman–Crippen LogP) is 2.80. The van der Waals surface area contributed by atoms with Crippen molar-refractivity contribution in [3.63, 3.8) is 0 Å². The monoisotopic (exact) mass is 605 g/mol. The third-order valence-corrected chi connectivity index (χ3v) is 9.15. The number of sulfonamides is 1. The van der Waals surface area contributed by atoms with E-state index in [4.69, 9.17) is 14.5 Å². The summed E-state index contributed by atoms with van der Waals surface area (Å²) in [6.45, 7) is 3.89. The Morgan fingerprint density at radius 1 is 1.21 bits per heavy atom. The summed E-state index contributed by atoms with van der Waals surface area (Å²) in [5.74, 6) is 0.0399. The van der Waals surface area contributed by atoms with Crippen LogP contribution < -0.4 is 19.5 Å². The van der Waals surface area contributed by atoms with Crippen molar-refractivity contribution in [1.29, 1.82) is 0 Å². The molecule has 224 valence electrons. The Balaban J connectivity index is 1.37. The summed E-state index contributed by atoms with van der Waals surface area (Å²) in [6, 6.07) is 14.6. The normalized spacial score (nSPS) is 27.0. The smallest absolute Gasteiger partial charge is 0.405 e. The van der Waals surface area contributed by atoms with Crippen LogP contribution in [0.2, 0.25) is 0 Å². The second kappa shape index (κ2) is 11.2. The molecule has 0 radical (unpaired) electrons. The van der Waals surface area contributed by atoms with E-state index in [2.05, 4.69) is 21.6 Å². The van der Waals surface area contributed by atoms with E-state index >= 15 is 0 Å². The Kier molecular flexibility index (Phi) is 7.42. The van der Waals surface area contributed by atoms with Crippen molar-refractivity contribution < 1.29 is 32.6 Å². The van der Waals surface area contributed by atoms with Gasteiger partial charge in [0, 0.05) is 35.4 Å². The lowest BCUT2D eigenvalue weighted by Crippen LogP contribution is -2.60. The quantitative estimate of drug-likeness (QED) is 0.347. The molecule has 1 aromatic heterocycles. The number of hydrogen-bond acceptors (Lipinski definition) is 8. The average molecular weight is 606 g/mol. The maximum absolute atomic E-state index is 13.6. The molecule has 13 heteroatoms. The number of methoxy groups -OCH3 is 1. The van der Waals surface area contributed by atoms with Crippen LogP contribution in [0.25, 0.3) is 22.2 Å². The SMILES string of the molecule is C=CC1CC1N=C1NS(=O)(=O)CC(NC(=O)O)C(=O)N2CC(Oc3cc(-c4ccccc4)nc4cc(OC)ccc34)CC12. The molecule has 6 rings (SSSR count). The van der Waals surface area contributed by atoms with Gasteiger partial charge in [0.1, 0.15) is 29.5 Å². The number of pyridine rings is 1. The van der Waals surface area contributed by atoms with Crippen LogP contribution in [0.4, 0.5) is 4.79 Å². The fourth-order valence-corrected chi connectivity index (χ4v) is 6.88. The van der Waals surface area contributed by atoms with Crippen molar-refractivity contribution >= 4 is 38.8 Å². The summed E-state index contributed by atoms with van der Waals surface area (Å²) in [6.07, 6.45) is 0.686. The molecule has 2 saturated heterocycles. The summed E-state index contributed by atoms with van der Waals surface area (Å²) in [5.41, 5.74) is 2.22. The number of ether oxygens (including phenoxy) is 2. The molecule has 3 N–H and O–H groups in total. The summed E-state index contributed by atoms with van der Waals surface area (Å²) in [7, 11) is -2.51. The van der Waals surface area contributed by atoms with Crippen LogP contribution in [0, 0.1) is 5.92 Å². The molecule has 3 aliphatic rings. The maximum Gasteiger partial charge on any atom is 0.405 e. The molecule has 0 spiro atoms. The van der Waals surface area contributed by atoms with E-state index in [-0.39, 0.29) is 30.8 Å². The maximum atomic E-state index is 13.6. The van der Waals surface area contributed by atoms with Crippen LogP contribution >= 0.6 is 0 Å². The Bertz CT molecular complexity index is 1730. The number of rotatable bonds is 7. The molecule has 5 unspecified atom stereocenters. The molecule has 2 amide bonds. The van der Waals surface area contributed by atoms with Crippen molar-refractivity contribution in [2.24, 2.45) is 10.9 Å². The van der Waals surface area contributed by atoms with Gasteiger partial charge in [-0.05, 0) is 18.6 Å². The lowest BCUT2D eigenvalue weighted by molar-refractivity contribution is -0.133. The van der Waals surface area contributed by atoms with E-state index < -0.39 is 46.0 Å². The number of amides is 2. The molecule has 2 aromatic carbocycles. The molecule has 12 nitrogen and oxygen atoms in total. The van der Waals surface area contributed by atoms with Crippen molar-refractivity contribution in [1.82, 2.24) is 19.9 Å². The second-order valence-corrected chi connectivity index (χ2v) is 12.6. The number of benzene rings is 2. The lowest BCUT2D eigenvalue weighted by Gasteiger charge is -2.32. The van der Waals surface area contributed by atoms with Crippen LogP contribution in [0.3, 0.4) is 0 Å². The van der Waals surface area contributed by atoms with E-state index in [0.29, 0.717) is 22.7 Å². The molecule has 3 fully saturated rings. The van der Waals surface area contributed by atoms with Gasteiger partial charge in [-0.15, -0.1) is 6.58 Å². The number of carbonyl (C=O) groups excluding carboxylic acids is 1. The minimum Gasteiger partial charge on any atom is -0.497 e. The van der Waals surface area contributed by atoms with Gasteiger partial charge >= 0.3 is 6.09 Å². The molecule has 1 aliphatic carbocycles. The highest BCUT2D eigenvalue weighted by Gasteiger charge is 2.47. The number of hydrogen-bond donors (Lipinski definition) is 3. The molecule has 3 aromatic rings. The minimum atomic E-state index is -4.09. The Morgan fingerprint density at radius 3 is 2.70 bits per heavy atom. The predicted molar refractivity (Wildman–Crippen MR) is 160 cm³/mol. The number of carbonyl (C=O) groups is 2. The topological polar surface area (TPSA) is 160 Å². The van der Waals surface area contributed by atoms with Crippen LogP contribution in [0.5, 0.6) is 11.5 Å². The molecular weight excluding hydrogens is 574 g/mol. The zero-order valence-electron chi connectivity index (χ0n) is 23.3. The Hall–Kier alpha value is -4.65. The first-order chi connectivity index (χ1) is 20.6. The standard InChI is InChI=1S/C30H31N5O7S/c1-3-17-11-22(17)32-28-26-13-20(15-35(26)29(36)25(33-30(37)38)16-43(39,40)34-28)42-27-14-23(18-7-5-4-6-8-18)31-24-12-19(41-2)9-10-21(24)27/h3-10,12,14,17,20,22,25-26,33H,1,11,13,15-16H2,2H3,(H,32,34)(H,37,38). The number of carboxylic acid groups (broad SMARTS) is 1. The number of aliphatic imine (C=N–C) groups is 1. The Labute approximate surface area is 248 Å². The zero-order chi connectivity index (χ0) is 30.3. The fraction of sp³-hybridized carbons (Fsp3) is 0.333. The van der Waals surface area contributed by atoms with Crippen LogP contribution in [0.1, 0.15) is 12.8 Å². The van der Waals surface area contributed by atoms with Gasteiger partial charge in [0.25, 0.3) is 0 Å². The summed E-state index contributed by atoms with van der Waals surface area (Å²) < 4.78 is 40.5. The van der Waals surface area contributed by atoms with Gasteiger partial charge < -0.3 is 24.8 Å².